The number of halogens is 2. The molecule has 2 aromatic rings. The average molecular weight is 266 g/mol. The van der Waals surface area contributed by atoms with Crippen molar-refractivity contribution >= 4 is 5.97 Å². The van der Waals surface area contributed by atoms with E-state index in [1.165, 1.54) is 0 Å². The van der Waals surface area contributed by atoms with Gasteiger partial charge in [-0.3, -0.25) is 4.68 Å². The molecule has 1 aromatic carbocycles. The summed E-state index contributed by atoms with van der Waals surface area (Å²) in [5.74, 6) is -1.40. The van der Waals surface area contributed by atoms with E-state index in [0.29, 0.717) is 0 Å². The zero-order valence-electron chi connectivity index (χ0n) is 10.2. The Labute approximate surface area is 108 Å². The van der Waals surface area contributed by atoms with Gasteiger partial charge in [-0.15, -0.1) is 0 Å². The van der Waals surface area contributed by atoms with Crippen LogP contribution in [-0.4, -0.2) is 20.9 Å². The molecule has 0 atom stereocenters. The van der Waals surface area contributed by atoms with Crippen molar-refractivity contribution in [1.29, 1.82) is 0 Å². The highest BCUT2D eigenvalue weighted by molar-refractivity contribution is 5.88. The van der Waals surface area contributed by atoms with E-state index in [9.17, 15) is 13.6 Å². The maximum Gasteiger partial charge on any atom is 0.339 e. The minimum Gasteiger partial charge on any atom is -0.478 e. The van der Waals surface area contributed by atoms with Crippen molar-refractivity contribution in [3.8, 4) is 0 Å². The molecule has 19 heavy (non-hydrogen) atoms. The molecule has 0 amide bonds. The van der Waals surface area contributed by atoms with Gasteiger partial charge in [-0.2, -0.15) is 5.10 Å². The Balaban J connectivity index is 2.35. The molecule has 0 fully saturated rings. The predicted molar refractivity (Wildman–Crippen MR) is 64.4 cm³/mol. The Morgan fingerprint density at radius 2 is 2.00 bits per heavy atom. The van der Waals surface area contributed by atoms with Gasteiger partial charge in [0.15, 0.2) is 0 Å². The van der Waals surface area contributed by atoms with Gasteiger partial charge in [-0.1, -0.05) is 29.8 Å². The minimum absolute atomic E-state index is 0.118. The SMILES string of the molecule is Cc1ccc(Cn2ncc(C(=O)O)c2C(F)F)cc1. The monoisotopic (exact) mass is 266 g/mol. The molecule has 0 aliphatic carbocycles. The van der Waals surface area contributed by atoms with E-state index in [2.05, 4.69) is 5.10 Å². The summed E-state index contributed by atoms with van der Waals surface area (Å²) in [5.41, 5.74) is 0.826. The average Bonchev–Trinajstić information content (AvgIpc) is 2.76. The minimum atomic E-state index is -2.88. The molecule has 1 heterocycles. The Bertz CT molecular complexity index is 591. The van der Waals surface area contributed by atoms with E-state index < -0.39 is 23.7 Å². The van der Waals surface area contributed by atoms with Gasteiger partial charge in [0.05, 0.1) is 12.7 Å². The molecule has 0 aliphatic heterocycles. The van der Waals surface area contributed by atoms with Crippen molar-refractivity contribution < 1.29 is 18.7 Å². The van der Waals surface area contributed by atoms with Crippen LogP contribution in [-0.2, 0) is 6.54 Å². The van der Waals surface area contributed by atoms with Crippen molar-refractivity contribution in [1.82, 2.24) is 9.78 Å². The number of hydrogen-bond acceptors (Lipinski definition) is 2. The van der Waals surface area contributed by atoms with Crippen LogP contribution >= 0.6 is 0 Å². The van der Waals surface area contributed by atoms with Gasteiger partial charge < -0.3 is 5.11 Å². The van der Waals surface area contributed by atoms with Crippen LogP contribution in [0.2, 0.25) is 0 Å². The summed E-state index contributed by atoms with van der Waals surface area (Å²) < 4.78 is 26.9. The van der Waals surface area contributed by atoms with E-state index in [1.54, 1.807) is 12.1 Å². The van der Waals surface area contributed by atoms with Crippen LogP contribution in [0.3, 0.4) is 0 Å². The fourth-order valence-electron chi connectivity index (χ4n) is 1.78. The summed E-state index contributed by atoms with van der Waals surface area (Å²) in [4.78, 5) is 10.8. The first-order valence-corrected chi connectivity index (χ1v) is 5.61. The van der Waals surface area contributed by atoms with Gasteiger partial charge in [0.2, 0.25) is 0 Å². The normalized spacial score (nSPS) is 10.9. The second kappa shape index (κ2) is 5.17. The largest absolute Gasteiger partial charge is 0.478 e. The molecule has 0 bridgehead atoms. The summed E-state index contributed by atoms with van der Waals surface area (Å²) in [6.07, 6.45) is -1.92. The lowest BCUT2D eigenvalue weighted by atomic mass is 10.1. The summed E-state index contributed by atoms with van der Waals surface area (Å²) in [6, 6.07) is 7.32. The number of benzene rings is 1. The Morgan fingerprint density at radius 3 is 2.53 bits per heavy atom. The molecule has 0 radical (unpaired) electrons. The molecule has 0 saturated carbocycles. The van der Waals surface area contributed by atoms with Crippen LogP contribution in [0.15, 0.2) is 30.5 Å². The molecule has 0 spiro atoms. The van der Waals surface area contributed by atoms with E-state index >= 15 is 0 Å². The highest BCUT2D eigenvalue weighted by Crippen LogP contribution is 2.23. The molecule has 100 valence electrons. The molecule has 4 nitrogen and oxygen atoms in total. The third-order valence-electron chi connectivity index (χ3n) is 2.77. The predicted octanol–water partition coefficient (Wildman–Crippen LogP) is 2.88. The Hall–Kier alpha value is -2.24. The Kier molecular flexibility index (Phi) is 3.59. The van der Waals surface area contributed by atoms with Gasteiger partial charge in [0, 0.05) is 0 Å². The summed E-state index contributed by atoms with van der Waals surface area (Å²) in [5, 5.41) is 12.6. The number of aromatic carboxylic acids is 1. The van der Waals surface area contributed by atoms with Gasteiger partial charge >= 0.3 is 5.97 Å². The molecule has 0 aliphatic rings. The number of nitrogens with zero attached hydrogens (tertiary/aromatic N) is 2. The number of carbonyl (C=O) groups is 1. The zero-order chi connectivity index (χ0) is 14.0. The molecule has 2 rings (SSSR count). The third kappa shape index (κ3) is 2.78. The molecule has 1 aromatic heterocycles. The molecule has 0 unspecified atom stereocenters. The van der Waals surface area contributed by atoms with Crippen LogP contribution in [0.25, 0.3) is 0 Å². The lowest BCUT2D eigenvalue weighted by Crippen LogP contribution is -2.09. The maximum atomic E-state index is 12.9. The van der Waals surface area contributed by atoms with Crippen LogP contribution in [0, 0.1) is 6.92 Å². The lowest BCUT2D eigenvalue weighted by molar-refractivity contribution is 0.0682. The maximum absolute atomic E-state index is 12.9. The standard InChI is InChI=1S/C13H12F2N2O2/c1-8-2-4-9(5-3-8)7-17-11(12(14)15)10(6-16-17)13(18)19/h2-6,12H,7H2,1H3,(H,18,19). The van der Waals surface area contributed by atoms with Gasteiger partial charge in [-0.25, -0.2) is 13.6 Å². The van der Waals surface area contributed by atoms with E-state index in [0.717, 1.165) is 22.0 Å². The van der Waals surface area contributed by atoms with Gasteiger partial charge in [-0.05, 0) is 12.5 Å². The third-order valence-corrected chi connectivity index (χ3v) is 2.77. The van der Waals surface area contributed by atoms with E-state index in [-0.39, 0.29) is 6.54 Å². The number of hydrogen-bond donors (Lipinski definition) is 1. The molecule has 6 heteroatoms. The van der Waals surface area contributed by atoms with Crippen molar-refractivity contribution in [2.24, 2.45) is 0 Å². The molecule has 0 saturated heterocycles. The first kappa shape index (κ1) is 13.2. The van der Waals surface area contributed by atoms with Crippen LogP contribution in [0.4, 0.5) is 8.78 Å². The number of alkyl halides is 2. The van der Waals surface area contributed by atoms with Crippen LogP contribution < -0.4 is 0 Å². The van der Waals surface area contributed by atoms with Crippen LogP contribution in [0.1, 0.15) is 33.6 Å². The summed E-state index contributed by atoms with van der Waals surface area (Å²) in [6.45, 7) is 2.04. The zero-order valence-corrected chi connectivity index (χ0v) is 10.2. The highest BCUT2D eigenvalue weighted by atomic mass is 19.3. The van der Waals surface area contributed by atoms with Crippen molar-refractivity contribution in [3.05, 3.63) is 52.8 Å². The van der Waals surface area contributed by atoms with Crippen LogP contribution in [0.5, 0.6) is 0 Å². The van der Waals surface area contributed by atoms with Crippen molar-refractivity contribution in [3.63, 3.8) is 0 Å². The molecular weight excluding hydrogens is 254 g/mol. The fraction of sp³-hybridized carbons (Fsp3) is 0.231. The number of aryl methyl sites for hydroxylation is 1. The number of carboxylic acids is 1. The number of aromatic nitrogens is 2. The first-order chi connectivity index (χ1) is 8.99. The van der Waals surface area contributed by atoms with Gasteiger partial charge in [0.25, 0.3) is 6.43 Å². The Morgan fingerprint density at radius 1 is 1.37 bits per heavy atom. The highest BCUT2D eigenvalue weighted by Gasteiger charge is 2.24. The molecular formula is C13H12F2N2O2. The quantitative estimate of drug-likeness (QED) is 0.925. The number of carboxylic acid groups (broad SMARTS) is 1. The van der Waals surface area contributed by atoms with Crippen molar-refractivity contribution in [2.45, 2.75) is 19.9 Å². The molecule has 1 N–H and O–H groups in total. The fourth-order valence-corrected chi connectivity index (χ4v) is 1.78. The van der Waals surface area contributed by atoms with E-state index in [4.69, 9.17) is 5.11 Å². The lowest BCUT2D eigenvalue weighted by Gasteiger charge is -2.08. The summed E-state index contributed by atoms with van der Waals surface area (Å²) >= 11 is 0. The number of rotatable bonds is 4. The van der Waals surface area contributed by atoms with Gasteiger partial charge in [0.1, 0.15) is 11.3 Å². The smallest absolute Gasteiger partial charge is 0.339 e. The van der Waals surface area contributed by atoms with E-state index in [1.807, 2.05) is 19.1 Å². The summed E-state index contributed by atoms with van der Waals surface area (Å²) in [7, 11) is 0. The van der Waals surface area contributed by atoms with Crippen molar-refractivity contribution in [2.75, 3.05) is 0 Å². The first-order valence-electron chi connectivity index (χ1n) is 5.61. The topological polar surface area (TPSA) is 55.1 Å². The second-order valence-electron chi connectivity index (χ2n) is 4.19. The second-order valence-corrected chi connectivity index (χ2v) is 4.19.